The fraction of sp³-hybridized carbons (Fsp3) is 0.312. The Morgan fingerprint density at radius 3 is 2.59 bits per heavy atom. The maximum absolute atomic E-state index is 10.7. The van der Waals surface area contributed by atoms with Gasteiger partial charge in [-0.25, -0.2) is 0 Å². The van der Waals surface area contributed by atoms with Crippen LogP contribution in [0, 0.1) is 10.1 Å². The van der Waals surface area contributed by atoms with Crippen molar-refractivity contribution in [2.75, 3.05) is 7.11 Å². The quantitative estimate of drug-likeness (QED) is 0.328. The molecule has 3 rings (SSSR count). The lowest BCUT2D eigenvalue weighted by Crippen LogP contribution is -2.10. The zero-order chi connectivity index (χ0) is 19.4. The lowest BCUT2D eigenvalue weighted by atomic mass is 10.3. The summed E-state index contributed by atoms with van der Waals surface area (Å²) in [4.78, 5) is 10.2. The minimum absolute atomic E-state index is 0.0456. The topological polar surface area (TPSA) is 110 Å². The van der Waals surface area contributed by atoms with Crippen molar-refractivity contribution < 1.29 is 14.4 Å². The summed E-state index contributed by atoms with van der Waals surface area (Å²) < 4.78 is 14.3. The first-order valence-electron chi connectivity index (χ1n) is 7.97. The van der Waals surface area contributed by atoms with Crippen LogP contribution in [0.5, 0.6) is 11.5 Å². The number of hydrogen-bond acceptors (Lipinski definition) is 8. The molecule has 1 unspecified atom stereocenters. The van der Waals surface area contributed by atoms with E-state index in [1.807, 2.05) is 42.8 Å². The molecule has 0 bridgehead atoms. The van der Waals surface area contributed by atoms with Gasteiger partial charge < -0.3 is 14.0 Å². The van der Waals surface area contributed by atoms with Gasteiger partial charge in [0.2, 0.25) is 0 Å². The molecule has 0 radical (unpaired) electrons. The molecule has 0 spiro atoms. The van der Waals surface area contributed by atoms with E-state index >= 15 is 0 Å². The van der Waals surface area contributed by atoms with Crippen LogP contribution in [0.15, 0.2) is 41.8 Å². The minimum Gasteiger partial charge on any atom is -0.497 e. The first kappa shape index (κ1) is 18.7. The average molecular weight is 390 g/mol. The van der Waals surface area contributed by atoms with E-state index in [0.717, 1.165) is 5.75 Å². The predicted octanol–water partition coefficient (Wildman–Crippen LogP) is 2.82. The number of nitrogens with zero attached hydrogens (tertiary/aromatic N) is 6. The Hall–Kier alpha value is -3.08. The maximum atomic E-state index is 10.7. The van der Waals surface area contributed by atoms with E-state index in [4.69, 9.17) is 9.47 Å². The molecular weight excluding hydrogens is 372 g/mol. The number of methoxy groups -OCH3 is 1. The second-order valence-corrected chi connectivity index (χ2v) is 6.52. The van der Waals surface area contributed by atoms with E-state index in [-0.39, 0.29) is 11.8 Å². The number of thioether (sulfide) groups is 1. The Kier molecular flexibility index (Phi) is 5.60. The molecule has 1 atom stereocenters. The van der Waals surface area contributed by atoms with Crippen molar-refractivity contribution in [3.8, 4) is 11.5 Å². The normalized spacial score (nSPS) is 12.0. The predicted molar refractivity (Wildman–Crippen MR) is 97.8 cm³/mol. The molecule has 142 valence electrons. The van der Waals surface area contributed by atoms with E-state index in [0.29, 0.717) is 22.6 Å². The first-order valence-corrected chi connectivity index (χ1v) is 8.96. The van der Waals surface area contributed by atoms with Crippen LogP contribution in [0.2, 0.25) is 0 Å². The van der Waals surface area contributed by atoms with Gasteiger partial charge in [-0.3, -0.25) is 14.8 Å². The number of nitro groups is 1. The summed E-state index contributed by atoms with van der Waals surface area (Å²) in [7, 11) is 3.45. The average Bonchev–Trinajstić information content (AvgIpc) is 3.27. The first-order chi connectivity index (χ1) is 13.0. The zero-order valence-corrected chi connectivity index (χ0v) is 15.8. The molecule has 27 heavy (non-hydrogen) atoms. The molecule has 0 fully saturated rings. The van der Waals surface area contributed by atoms with E-state index < -0.39 is 4.92 Å². The third-order valence-corrected chi connectivity index (χ3v) is 4.77. The van der Waals surface area contributed by atoms with Crippen molar-refractivity contribution in [1.82, 2.24) is 24.5 Å². The lowest BCUT2D eigenvalue weighted by Gasteiger charge is -2.14. The molecule has 11 heteroatoms. The van der Waals surface area contributed by atoms with Gasteiger partial charge in [0.25, 0.3) is 0 Å². The number of benzene rings is 1. The summed E-state index contributed by atoms with van der Waals surface area (Å²) in [6.07, 6.45) is 2.28. The molecule has 0 aliphatic rings. The summed E-state index contributed by atoms with van der Waals surface area (Å²) >= 11 is 1.37. The second kappa shape index (κ2) is 8.08. The Bertz CT molecular complexity index is 923. The monoisotopic (exact) mass is 390 g/mol. The van der Waals surface area contributed by atoms with Gasteiger partial charge in [0, 0.05) is 7.05 Å². The second-order valence-electron chi connectivity index (χ2n) is 5.60. The summed E-state index contributed by atoms with van der Waals surface area (Å²) in [6, 6.07) is 7.30. The summed E-state index contributed by atoms with van der Waals surface area (Å²) in [5.74, 6) is 2.50. The van der Waals surface area contributed by atoms with Crippen molar-refractivity contribution in [2.45, 2.75) is 24.1 Å². The van der Waals surface area contributed by atoms with E-state index in [2.05, 4.69) is 15.3 Å². The van der Waals surface area contributed by atoms with Crippen LogP contribution < -0.4 is 9.47 Å². The Morgan fingerprint density at radius 1 is 1.26 bits per heavy atom. The number of aromatic nitrogens is 5. The smallest absolute Gasteiger partial charge is 0.307 e. The van der Waals surface area contributed by atoms with Crippen LogP contribution in [-0.2, 0) is 12.9 Å². The van der Waals surface area contributed by atoms with Crippen LogP contribution in [0.25, 0.3) is 0 Å². The largest absolute Gasteiger partial charge is 0.497 e. The molecule has 2 aromatic heterocycles. The van der Waals surface area contributed by atoms with Crippen LogP contribution >= 0.6 is 11.8 Å². The lowest BCUT2D eigenvalue weighted by molar-refractivity contribution is -0.385. The van der Waals surface area contributed by atoms with E-state index in [1.165, 1.54) is 28.8 Å². The molecular formula is C16H18N6O4S. The van der Waals surface area contributed by atoms with Gasteiger partial charge >= 0.3 is 5.69 Å². The summed E-state index contributed by atoms with van der Waals surface area (Å²) in [5, 5.41) is 23.7. The molecule has 2 heterocycles. The highest BCUT2D eigenvalue weighted by atomic mass is 32.2. The van der Waals surface area contributed by atoms with Gasteiger partial charge in [-0.15, -0.1) is 10.2 Å². The molecule has 1 aromatic carbocycles. The Balaban J connectivity index is 1.63. The molecule has 0 saturated carbocycles. The molecule has 0 saturated heterocycles. The Labute approximate surface area is 159 Å². The third-order valence-electron chi connectivity index (χ3n) is 3.76. The summed E-state index contributed by atoms with van der Waals surface area (Å²) in [6.45, 7) is 1.89. The van der Waals surface area contributed by atoms with Crippen molar-refractivity contribution in [2.24, 2.45) is 7.05 Å². The van der Waals surface area contributed by atoms with Crippen molar-refractivity contribution in [3.05, 3.63) is 52.6 Å². The zero-order valence-electron chi connectivity index (χ0n) is 15.0. The summed E-state index contributed by atoms with van der Waals surface area (Å²) in [5.41, 5.74) is -0.0456. The van der Waals surface area contributed by atoms with Crippen LogP contribution in [-0.4, -0.2) is 36.6 Å². The van der Waals surface area contributed by atoms with Crippen LogP contribution in [0.4, 0.5) is 5.69 Å². The third kappa shape index (κ3) is 4.37. The van der Waals surface area contributed by atoms with Crippen molar-refractivity contribution in [1.29, 1.82) is 0 Å². The van der Waals surface area contributed by atoms with Gasteiger partial charge in [-0.2, -0.15) is 5.10 Å². The maximum Gasteiger partial charge on any atom is 0.307 e. The fourth-order valence-corrected chi connectivity index (χ4v) is 3.13. The van der Waals surface area contributed by atoms with E-state index in [9.17, 15) is 10.1 Å². The molecule has 3 aromatic rings. The Morgan fingerprint density at radius 2 is 1.96 bits per heavy atom. The van der Waals surface area contributed by atoms with Crippen molar-refractivity contribution >= 4 is 17.4 Å². The fourth-order valence-electron chi connectivity index (χ4n) is 2.36. The molecule has 0 aliphatic carbocycles. The van der Waals surface area contributed by atoms with Gasteiger partial charge in [0.05, 0.1) is 17.9 Å². The molecule has 0 aliphatic heterocycles. The minimum atomic E-state index is -0.479. The standard InChI is InChI=1S/C16H18N6O4S/c1-11(26-14-6-4-13(25-3)5-7-14)15-18-19-16(20(15)2)27-10-21-9-12(8-17-21)22(23)24/h4-9,11H,10H2,1-3H3. The molecule has 10 nitrogen and oxygen atoms in total. The van der Waals surface area contributed by atoms with Crippen LogP contribution in [0.1, 0.15) is 18.9 Å². The highest BCUT2D eigenvalue weighted by Gasteiger charge is 2.18. The highest BCUT2D eigenvalue weighted by molar-refractivity contribution is 7.98. The van der Waals surface area contributed by atoms with Crippen molar-refractivity contribution in [3.63, 3.8) is 0 Å². The van der Waals surface area contributed by atoms with Gasteiger partial charge in [0.1, 0.15) is 23.9 Å². The van der Waals surface area contributed by atoms with Gasteiger partial charge in [-0.1, -0.05) is 11.8 Å². The highest BCUT2D eigenvalue weighted by Crippen LogP contribution is 2.25. The number of rotatable bonds is 8. The van der Waals surface area contributed by atoms with E-state index in [1.54, 1.807) is 7.11 Å². The molecule has 0 N–H and O–H groups in total. The van der Waals surface area contributed by atoms with Gasteiger partial charge in [0.15, 0.2) is 17.1 Å². The SMILES string of the molecule is COc1ccc(OC(C)c2nnc(SCn3cc([N+](=O)[O-])cn3)n2C)cc1. The number of hydrogen-bond donors (Lipinski definition) is 0. The van der Waals surface area contributed by atoms with Gasteiger partial charge in [-0.05, 0) is 31.2 Å². The number of ether oxygens (including phenoxy) is 2. The van der Waals surface area contributed by atoms with Crippen LogP contribution in [0.3, 0.4) is 0 Å². The molecule has 0 amide bonds.